The predicted molar refractivity (Wildman–Crippen MR) is 78.0 cm³/mol. The van der Waals surface area contributed by atoms with Gasteiger partial charge in [-0.2, -0.15) is 0 Å². The Morgan fingerprint density at radius 2 is 2.11 bits per heavy atom. The first-order chi connectivity index (χ1) is 8.63. The van der Waals surface area contributed by atoms with Gasteiger partial charge in [0.2, 0.25) is 0 Å². The number of nitrogens with one attached hydrogen (secondary N) is 1. The molecule has 0 saturated heterocycles. The smallest absolute Gasteiger partial charge is 0.00472 e. The van der Waals surface area contributed by atoms with Crippen molar-refractivity contribution in [3.05, 3.63) is 35.4 Å². The van der Waals surface area contributed by atoms with Crippen LogP contribution in [0, 0.1) is 12.3 Å². The zero-order valence-electron chi connectivity index (χ0n) is 12.0. The van der Waals surface area contributed by atoms with Crippen molar-refractivity contribution in [3.63, 3.8) is 0 Å². The van der Waals surface area contributed by atoms with E-state index in [1.54, 1.807) is 0 Å². The molecule has 0 radical (unpaired) electrons. The maximum Gasteiger partial charge on any atom is 0.00472 e. The molecule has 1 fully saturated rings. The lowest BCUT2D eigenvalue weighted by Gasteiger charge is -2.23. The monoisotopic (exact) mass is 246 g/mol. The molecule has 0 heterocycles. The van der Waals surface area contributed by atoms with Crippen LogP contribution in [0.5, 0.6) is 0 Å². The predicted octanol–water partition coefficient (Wildman–Crippen LogP) is 2.47. The fourth-order valence-corrected chi connectivity index (χ4v) is 2.78. The fraction of sp³-hybridized carbons (Fsp3) is 0.625. The highest BCUT2D eigenvalue weighted by atomic mass is 15.1. The van der Waals surface area contributed by atoms with E-state index in [-0.39, 0.29) is 0 Å². The first-order valence-corrected chi connectivity index (χ1v) is 7.02. The first-order valence-electron chi connectivity index (χ1n) is 7.02. The van der Waals surface area contributed by atoms with Crippen molar-refractivity contribution in [2.75, 3.05) is 33.7 Å². The number of nitrogens with zero attached hydrogens (tertiary/aromatic N) is 1. The molecular weight excluding hydrogens is 220 g/mol. The highest BCUT2D eigenvalue weighted by Crippen LogP contribution is 2.45. The molecule has 0 bridgehead atoms. The van der Waals surface area contributed by atoms with Gasteiger partial charge >= 0.3 is 0 Å². The van der Waals surface area contributed by atoms with Crippen LogP contribution in [0.1, 0.15) is 24.0 Å². The van der Waals surface area contributed by atoms with Gasteiger partial charge in [0, 0.05) is 19.6 Å². The van der Waals surface area contributed by atoms with Gasteiger partial charge in [-0.3, -0.25) is 0 Å². The largest absolute Gasteiger partial charge is 0.319 e. The minimum atomic E-state index is 0.579. The average molecular weight is 246 g/mol. The van der Waals surface area contributed by atoms with Gasteiger partial charge in [0.25, 0.3) is 0 Å². The van der Waals surface area contributed by atoms with Crippen LogP contribution < -0.4 is 5.32 Å². The normalized spacial score (nSPS) is 17.1. The van der Waals surface area contributed by atoms with Crippen LogP contribution in [0.25, 0.3) is 0 Å². The Hall–Kier alpha value is -0.860. The van der Waals surface area contributed by atoms with Crippen molar-refractivity contribution in [2.45, 2.75) is 26.2 Å². The maximum absolute atomic E-state index is 3.33. The van der Waals surface area contributed by atoms with Gasteiger partial charge < -0.3 is 10.2 Å². The summed E-state index contributed by atoms with van der Waals surface area (Å²) in [5.74, 6) is 0. The Labute approximate surface area is 111 Å². The number of hydrogen-bond donors (Lipinski definition) is 1. The van der Waals surface area contributed by atoms with E-state index in [0.717, 1.165) is 13.0 Å². The van der Waals surface area contributed by atoms with E-state index in [1.165, 1.54) is 37.1 Å². The van der Waals surface area contributed by atoms with Crippen molar-refractivity contribution >= 4 is 0 Å². The number of aryl methyl sites for hydroxylation is 1. The molecule has 1 N–H and O–H groups in total. The number of hydrogen-bond acceptors (Lipinski definition) is 2. The van der Waals surface area contributed by atoms with E-state index < -0.39 is 0 Å². The molecule has 2 nitrogen and oxygen atoms in total. The zero-order valence-corrected chi connectivity index (χ0v) is 12.0. The molecule has 1 aromatic carbocycles. The topological polar surface area (TPSA) is 15.3 Å². The standard InChI is InChI=1S/C16H26N2/c1-14-5-4-6-15(11-14)7-10-18(3)13-16(8-9-16)12-17-2/h4-6,11,17H,7-10,12-13H2,1-3H3. The molecule has 1 aliphatic rings. The van der Waals surface area contributed by atoms with Crippen molar-refractivity contribution in [1.29, 1.82) is 0 Å². The Kier molecular flexibility index (Phi) is 4.41. The summed E-state index contributed by atoms with van der Waals surface area (Å²) in [6.45, 7) is 5.73. The molecule has 0 spiro atoms. The molecular formula is C16H26N2. The molecule has 1 aliphatic carbocycles. The quantitative estimate of drug-likeness (QED) is 0.795. The van der Waals surface area contributed by atoms with Crippen molar-refractivity contribution < 1.29 is 0 Å². The van der Waals surface area contributed by atoms with E-state index in [4.69, 9.17) is 0 Å². The molecule has 100 valence electrons. The molecule has 18 heavy (non-hydrogen) atoms. The third-order valence-corrected chi connectivity index (χ3v) is 3.98. The molecule has 0 aromatic heterocycles. The number of rotatable bonds is 7. The second kappa shape index (κ2) is 5.85. The summed E-state index contributed by atoms with van der Waals surface area (Å²) in [7, 11) is 4.32. The zero-order chi connectivity index (χ0) is 13.0. The maximum atomic E-state index is 3.33. The Morgan fingerprint density at radius 3 is 2.72 bits per heavy atom. The van der Waals surface area contributed by atoms with Crippen LogP contribution in [-0.2, 0) is 6.42 Å². The van der Waals surface area contributed by atoms with Gasteiger partial charge in [-0.15, -0.1) is 0 Å². The highest BCUT2D eigenvalue weighted by molar-refractivity contribution is 5.22. The van der Waals surface area contributed by atoms with E-state index in [1.807, 2.05) is 0 Å². The second-order valence-electron chi connectivity index (χ2n) is 6.01. The van der Waals surface area contributed by atoms with Gasteiger partial charge in [0.1, 0.15) is 0 Å². The van der Waals surface area contributed by atoms with Crippen LogP contribution in [0.4, 0.5) is 0 Å². The van der Waals surface area contributed by atoms with E-state index in [0.29, 0.717) is 5.41 Å². The van der Waals surface area contributed by atoms with Crippen LogP contribution >= 0.6 is 0 Å². The lowest BCUT2D eigenvalue weighted by atomic mass is 10.1. The Bertz CT molecular complexity index is 382. The average Bonchev–Trinajstić information content (AvgIpc) is 3.07. The number of benzene rings is 1. The lowest BCUT2D eigenvalue weighted by molar-refractivity contribution is 0.262. The second-order valence-corrected chi connectivity index (χ2v) is 6.01. The van der Waals surface area contributed by atoms with Gasteiger partial charge in [0.15, 0.2) is 0 Å². The van der Waals surface area contributed by atoms with Crippen LogP contribution in [0.15, 0.2) is 24.3 Å². The summed E-state index contributed by atoms with van der Waals surface area (Å²) < 4.78 is 0. The Balaban J connectivity index is 1.76. The molecule has 0 atom stereocenters. The Morgan fingerprint density at radius 1 is 1.33 bits per heavy atom. The third kappa shape index (κ3) is 3.82. The van der Waals surface area contributed by atoms with Crippen molar-refractivity contribution in [3.8, 4) is 0 Å². The summed E-state index contributed by atoms with van der Waals surface area (Å²) >= 11 is 0. The summed E-state index contributed by atoms with van der Waals surface area (Å²) in [6, 6.07) is 8.86. The fourth-order valence-electron chi connectivity index (χ4n) is 2.78. The van der Waals surface area contributed by atoms with Crippen LogP contribution in [-0.4, -0.2) is 38.6 Å². The van der Waals surface area contributed by atoms with Crippen LogP contribution in [0.3, 0.4) is 0 Å². The van der Waals surface area contributed by atoms with Gasteiger partial charge in [-0.25, -0.2) is 0 Å². The van der Waals surface area contributed by atoms with Crippen LogP contribution in [0.2, 0.25) is 0 Å². The minimum absolute atomic E-state index is 0.579. The molecule has 0 amide bonds. The van der Waals surface area contributed by atoms with Gasteiger partial charge in [0.05, 0.1) is 0 Å². The summed E-state index contributed by atoms with van der Waals surface area (Å²) in [6.07, 6.45) is 3.94. The first kappa shape index (κ1) is 13.6. The van der Waals surface area contributed by atoms with Crippen molar-refractivity contribution in [1.82, 2.24) is 10.2 Å². The third-order valence-electron chi connectivity index (χ3n) is 3.98. The van der Waals surface area contributed by atoms with Gasteiger partial charge in [-0.1, -0.05) is 29.8 Å². The van der Waals surface area contributed by atoms with Crippen molar-refractivity contribution in [2.24, 2.45) is 5.41 Å². The minimum Gasteiger partial charge on any atom is -0.319 e. The lowest BCUT2D eigenvalue weighted by Crippen LogP contribution is -2.33. The number of likely N-dealkylation sites (N-methyl/N-ethyl adjacent to an activating group) is 1. The molecule has 0 unspecified atom stereocenters. The molecule has 1 aromatic rings. The van der Waals surface area contributed by atoms with E-state index in [9.17, 15) is 0 Å². The molecule has 0 aliphatic heterocycles. The van der Waals surface area contributed by atoms with E-state index >= 15 is 0 Å². The van der Waals surface area contributed by atoms with Gasteiger partial charge in [-0.05, 0) is 51.3 Å². The molecule has 1 saturated carbocycles. The summed E-state index contributed by atoms with van der Waals surface area (Å²) in [5, 5.41) is 3.33. The van der Waals surface area contributed by atoms with E-state index in [2.05, 4.69) is 55.5 Å². The summed E-state index contributed by atoms with van der Waals surface area (Å²) in [4.78, 5) is 2.49. The molecule has 2 heteroatoms. The SMILES string of the molecule is CNCC1(CN(C)CCc2cccc(C)c2)CC1. The molecule has 2 rings (SSSR count). The highest BCUT2D eigenvalue weighted by Gasteiger charge is 2.42. The summed E-state index contributed by atoms with van der Waals surface area (Å²) in [5.41, 5.74) is 3.40.